The van der Waals surface area contributed by atoms with Crippen LogP contribution in [-0.2, 0) is 4.79 Å². The number of rotatable bonds is 7. The molecule has 0 aliphatic carbocycles. The first-order chi connectivity index (χ1) is 9.71. The summed E-state index contributed by atoms with van der Waals surface area (Å²) in [5.74, 6) is 1.56. The third-order valence-electron chi connectivity index (χ3n) is 3.89. The molecule has 1 heterocycles. The molecule has 1 amide bonds. The van der Waals surface area contributed by atoms with Gasteiger partial charge < -0.3 is 15.5 Å². The summed E-state index contributed by atoms with van der Waals surface area (Å²) in [5.41, 5.74) is 0. The van der Waals surface area contributed by atoms with E-state index in [0.717, 1.165) is 57.8 Å². The Morgan fingerprint density at radius 1 is 1.15 bits per heavy atom. The Hall–Kier alpha value is -1.26. The van der Waals surface area contributed by atoms with Gasteiger partial charge in [0, 0.05) is 26.2 Å². The monoisotopic (exact) mass is 282 g/mol. The van der Waals surface area contributed by atoms with Gasteiger partial charge in [-0.3, -0.25) is 4.79 Å². The van der Waals surface area contributed by atoms with E-state index in [1.165, 1.54) is 0 Å². The maximum atomic E-state index is 12.0. The molecule has 0 radical (unpaired) electrons. The van der Waals surface area contributed by atoms with Crippen molar-refractivity contribution in [3.8, 4) is 0 Å². The van der Waals surface area contributed by atoms with Gasteiger partial charge in [0.2, 0.25) is 5.91 Å². The normalized spacial score (nSPS) is 15.8. The second-order valence-electron chi connectivity index (χ2n) is 5.35. The van der Waals surface area contributed by atoms with Gasteiger partial charge in [0.15, 0.2) is 5.96 Å². The third kappa shape index (κ3) is 5.80. The Labute approximate surface area is 123 Å². The van der Waals surface area contributed by atoms with Crippen molar-refractivity contribution in [3.05, 3.63) is 0 Å². The van der Waals surface area contributed by atoms with Crippen molar-refractivity contribution >= 4 is 11.9 Å². The van der Waals surface area contributed by atoms with Gasteiger partial charge in [0.05, 0.1) is 0 Å². The van der Waals surface area contributed by atoms with Crippen LogP contribution in [0.25, 0.3) is 0 Å². The summed E-state index contributed by atoms with van der Waals surface area (Å²) in [4.78, 5) is 18.3. The van der Waals surface area contributed by atoms with Crippen molar-refractivity contribution in [2.45, 2.75) is 46.5 Å². The molecule has 116 valence electrons. The van der Waals surface area contributed by atoms with Gasteiger partial charge in [-0.25, -0.2) is 4.99 Å². The summed E-state index contributed by atoms with van der Waals surface area (Å²) in [6.07, 6.45) is 4.58. The standard InChI is InChI=1S/C15H30N4O/c1-4-13(5-2)11-17-15(16-6-3)18-12-14(20)19-9-7-8-10-19/h13H,4-12H2,1-3H3,(H2,16,17,18). The highest BCUT2D eigenvalue weighted by atomic mass is 16.2. The van der Waals surface area contributed by atoms with Crippen LogP contribution in [-0.4, -0.2) is 49.5 Å². The van der Waals surface area contributed by atoms with E-state index in [9.17, 15) is 4.79 Å². The number of likely N-dealkylation sites (tertiary alicyclic amines) is 1. The molecule has 1 rings (SSSR count). The lowest BCUT2D eigenvalue weighted by Crippen LogP contribution is -2.40. The number of hydrogen-bond acceptors (Lipinski definition) is 2. The van der Waals surface area contributed by atoms with E-state index in [1.54, 1.807) is 0 Å². The fourth-order valence-electron chi connectivity index (χ4n) is 2.37. The molecule has 0 bridgehead atoms. The Balaban J connectivity index is 2.42. The van der Waals surface area contributed by atoms with Crippen LogP contribution in [0.5, 0.6) is 0 Å². The summed E-state index contributed by atoms with van der Waals surface area (Å²) >= 11 is 0. The number of nitrogens with zero attached hydrogens (tertiary/aromatic N) is 2. The van der Waals surface area contributed by atoms with E-state index >= 15 is 0 Å². The van der Waals surface area contributed by atoms with Crippen LogP contribution in [0, 0.1) is 5.92 Å². The first-order valence-corrected chi connectivity index (χ1v) is 8.01. The molecule has 0 aromatic rings. The molecule has 2 N–H and O–H groups in total. The molecule has 0 unspecified atom stereocenters. The number of aliphatic imine (C=N–C) groups is 1. The van der Waals surface area contributed by atoms with Gasteiger partial charge in [-0.15, -0.1) is 0 Å². The third-order valence-corrected chi connectivity index (χ3v) is 3.89. The van der Waals surface area contributed by atoms with Crippen molar-refractivity contribution < 1.29 is 4.79 Å². The lowest BCUT2D eigenvalue weighted by molar-refractivity contribution is -0.128. The van der Waals surface area contributed by atoms with Crippen molar-refractivity contribution in [2.24, 2.45) is 10.9 Å². The van der Waals surface area contributed by atoms with Crippen LogP contribution in [0.4, 0.5) is 0 Å². The number of nitrogens with one attached hydrogen (secondary N) is 2. The van der Waals surface area contributed by atoms with E-state index in [1.807, 2.05) is 11.8 Å². The van der Waals surface area contributed by atoms with Gasteiger partial charge in [-0.2, -0.15) is 0 Å². The van der Waals surface area contributed by atoms with E-state index < -0.39 is 0 Å². The highest BCUT2D eigenvalue weighted by Crippen LogP contribution is 2.07. The minimum Gasteiger partial charge on any atom is -0.357 e. The first-order valence-electron chi connectivity index (χ1n) is 8.01. The number of carbonyl (C=O) groups excluding carboxylic acids is 1. The molecular formula is C15H30N4O. The lowest BCUT2D eigenvalue weighted by atomic mass is 10.0. The highest BCUT2D eigenvalue weighted by molar-refractivity contribution is 5.85. The van der Waals surface area contributed by atoms with Crippen LogP contribution >= 0.6 is 0 Å². The molecule has 1 aliphatic heterocycles. The maximum Gasteiger partial charge on any atom is 0.244 e. The minimum absolute atomic E-state index is 0.141. The molecule has 5 nitrogen and oxygen atoms in total. The van der Waals surface area contributed by atoms with E-state index in [0.29, 0.717) is 5.92 Å². The average molecular weight is 282 g/mol. The van der Waals surface area contributed by atoms with Crippen LogP contribution in [0.3, 0.4) is 0 Å². The summed E-state index contributed by atoms with van der Waals surface area (Å²) < 4.78 is 0. The number of amides is 1. The predicted octanol–water partition coefficient (Wildman–Crippen LogP) is 1.60. The quantitative estimate of drug-likeness (QED) is 0.551. The summed E-state index contributed by atoms with van der Waals surface area (Å²) in [7, 11) is 0. The summed E-state index contributed by atoms with van der Waals surface area (Å²) in [6, 6.07) is 0. The Morgan fingerprint density at radius 2 is 1.80 bits per heavy atom. The topological polar surface area (TPSA) is 56.7 Å². The molecule has 1 aliphatic rings. The maximum absolute atomic E-state index is 12.0. The zero-order valence-corrected chi connectivity index (χ0v) is 13.2. The SMILES string of the molecule is CCNC(=NCC(=O)N1CCCC1)NCC(CC)CC. The van der Waals surface area contributed by atoms with Gasteiger partial charge in [-0.05, 0) is 25.7 Å². The largest absolute Gasteiger partial charge is 0.357 e. The average Bonchev–Trinajstić information content (AvgIpc) is 2.99. The highest BCUT2D eigenvalue weighted by Gasteiger charge is 2.17. The van der Waals surface area contributed by atoms with E-state index in [-0.39, 0.29) is 12.5 Å². The van der Waals surface area contributed by atoms with Gasteiger partial charge in [0.1, 0.15) is 6.54 Å². The second kappa shape index (κ2) is 9.61. The van der Waals surface area contributed by atoms with Crippen molar-refractivity contribution in [2.75, 3.05) is 32.7 Å². The molecule has 1 saturated heterocycles. The Morgan fingerprint density at radius 3 is 2.35 bits per heavy atom. The van der Waals surface area contributed by atoms with E-state index in [4.69, 9.17) is 0 Å². The van der Waals surface area contributed by atoms with Crippen LogP contribution in [0.2, 0.25) is 0 Å². The molecule has 0 spiro atoms. The van der Waals surface area contributed by atoms with Crippen molar-refractivity contribution in [1.29, 1.82) is 0 Å². The fraction of sp³-hybridized carbons (Fsp3) is 0.867. The molecule has 0 atom stereocenters. The molecule has 20 heavy (non-hydrogen) atoms. The number of carbonyl (C=O) groups is 1. The smallest absolute Gasteiger partial charge is 0.244 e. The molecule has 1 fully saturated rings. The lowest BCUT2D eigenvalue weighted by Gasteiger charge is -2.17. The molecule has 0 aromatic carbocycles. The zero-order valence-electron chi connectivity index (χ0n) is 13.2. The first kappa shape index (κ1) is 16.8. The van der Waals surface area contributed by atoms with E-state index in [2.05, 4.69) is 29.5 Å². The predicted molar refractivity (Wildman–Crippen MR) is 83.9 cm³/mol. The van der Waals surface area contributed by atoms with Gasteiger partial charge >= 0.3 is 0 Å². The van der Waals surface area contributed by atoms with Crippen molar-refractivity contribution in [3.63, 3.8) is 0 Å². The second-order valence-corrected chi connectivity index (χ2v) is 5.35. The van der Waals surface area contributed by atoms with Crippen LogP contribution < -0.4 is 10.6 Å². The Kier molecular flexibility index (Phi) is 8.07. The van der Waals surface area contributed by atoms with Gasteiger partial charge in [0.25, 0.3) is 0 Å². The van der Waals surface area contributed by atoms with Gasteiger partial charge in [-0.1, -0.05) is 26.7 Å². The fourth-order valence-corrected chi connectivity index (χ4v) is 2.37. The number of hydrogen-bond donors (Lipinski definition) is 2. The van der Waals surface area contributed by atoms with Crippen LogP contribution in [0.1, 0.15) is 46.5 Å². The molecule has 0 saturated carbocycles. The molecular weight excluding hydrogens is 252 g/mol. The minimum atomic E-state index is 0.141. The summed E-state index contributed by atoms with van der Waals surface area (Å²) in [5, 5.41) is 6.54. The van der Waals surface area contributed by atoms with Crippen molar-refractivity contribution in [1.82, 2.24) is 15.5 Å². The number of guanidine groups is 1. The zero-order chi connectivity index (χ0) is 14.8. The van der Waals surface area contributed by atoms with Crippen LogP contribution in [0.15, 0.2) is 4.99 Å². The molecule has 0 aromatic heterocycles. The molecule has 5 heteroatoms. The summed E-state index contributed by atoms with van der Waals surface area (Å²) in [6.45, 7) is 10.2. The Bertz CT molecular complexity index is 307.